The summed E-state index contributed by atoms with van der Waals surface area (Å²) in [7, 11) is 0. The average Bonchev–Trinajstić information content (AvgIpc) is 1.80. The molecule has 1 aliphatic carbocycles. The molecule has 1 rings (SSSR count). The van der Waals surface area contributed by atoms with Crippen molar-refractivity contribution in [1.82, 2.24) is 0 Å². The number of halogens is 1. The maximum absolute atomic E-state index is 9.25. The topological polar surface area (TPSA) is 20.2 Å². The zero-order chi connectivity index (χ0) is 6.85. The second-order valence-electron chi connectivity index (χ2n) is 3.00. The van der Waals surface area contributed by atoms with Crippen molar-refractivity contribution in [3.8, 4) is 0 Å². The zero-order valence-electron chi connectivity index (χ0n) is 5.68. The van der Waals surface area contributed by atoms with Crippen LogP contribution in [-0.4, -0.2) is 16.0 Å². The molecule has 0 radical (unpaired) electrons. The molecule has 0 spiro atoms. The largest absolute Gasteiger partial charge is 0.392 e. The van der Waals surface area contributed by atoms with E-state index < -0.39 is 0 Å². The first-order chi connectivity index (χ1) is 4.20. The zero-order valence-corrected chi connectivity index (χ0v) is 7.26. The van der Waals surface area contributed by atoms with Crippen molar-refractivity contribution in [2.45, 2.75) is 37.1 Å². The van der Waals surface area contributed by atoms with Crippen LogP contribution in [0.4, 0.5) is 0 Å². The Hall–Kier alpha value is 0.440. The average molecular weight is 193 g/mol. The molecule has 54 valence electrons. The standard InChI is InChI=1S/C7H13BrO/c1-5-2-3-7(9)6(8)4-5/h5-7,9H,2-4H2,1H3. The summed E-state index contributed by atoms with van der Waals surface area (Å²) in [6.07, 6.45) is 3.18. The van der Waals surface area contributed by atoms with Crippen molar-refractivity contribution < 1.29 is 5.11 Å². The van der Waals surface area contributed by atoms with Crippen molar-refractivity contribution in [2.75, 3.05) is 0 Å². The van der Waals surface area contributed by atoms with Gasteiger partial charge < -0.3 is 5.11 Å². The van der Waals surface area contributed by atoms with Crippen LogP contribution in [0.3, 0.4) is 0 Å². The molecular weight excluding hydrogens is 180 g/mol. The number of aliphatic hydroxyl groups is 1. The summed E-state index contributed by atoms with van der Waals surface area (Å²) < 4.78 is 0. The third-order valence-corrected chi connectivity index (χ3v) is 2.98. The van der Waals surface area contributed by atoms with Crippen LogP contribution >= 0.6 is 15.9 Å². The van der Waals surface area contributed by atoms with Crippen molar-refractivity contribution in [1.29, 1.82) is 0 Å². The first-order valence-electron chi connectivity index (χ1n) is 3.52. The van der Waals surface area contributed by atoms with E-state index in [1.807, 2.05) is 0 Å². The number of hydrogen-bond donors (Lipinski definition) is 1. The summed E-state index contributed by atoms with van der Waals surface area (Å²) in [5.74, 6) is 0.790. The van der Waals surface area contributed by atoms with E-state index in [0.717, 1.165) is 18.8 Å². The summed E-state index contributed by atoms with van der Waals surface area (Å²) in [4.78, 5) is 0.348. The summed E-state index contributed by atoms with van der Waals surface area (Å²) in [6.45, 7) is 2.24. The number of rotatable bonds is 0. The van der Waals surface area contributed by atoms with E-state index in [-0.39, 0.29) is 6.10 Å². The van der Waals surface area contributed by atoms with Gasteiger partial charge in [0.25, 0.3) is 0 Å². The Labute approximate surface area is 64.6 Å². The second kappa shape index (κ2) is 3.02. The van der Waals surface area contributed by atoms with Gasteiger partial charge in [-0.3, -0.25) is 0 Å². The van der Waals surface area contributed by atoms with Crippen LogP contribution in [0.5, 0.6) is 0 Å². The van der Waals surface area contributed by atoms with Gasteiger partial charge in [-0.25, -0.2) is 0 Å². The van der Waals surface area contributed by atoms with Gasteiger partial charge in [-0.15, -0.1) is 0 Å². The molecule has 1 saturated carbocycles. The lowest BCUT2D eigenvalue weighted by molar-refractivity contribution is 0.122. The lowest BCUT2D eigenvalue weighted by atomic mass is 9.89. The molecule has 0 amide bonds. The Bertz CT molecular complexity index is 94.9. The first kappa shape index (κ1) is 7.55. The number of aliphatic hydroxyl groups excluding tert-OH is 1. The van der Waals surface area contributed by atoms with E-state index in [1.165, 1.54) is 6.42 Å². The van der Waals surface area contributed by atoms with Gasteiger partial charge in [0.15, 0.2) is 0 Å². The molecule has 1 fully saturated rings. The van der Waals surface area contributed by atoms with Crippen LogP contribution in [0.2, 0.25) is 0 Å². The van der Waals surface area contributed by atoms with Gasteiger partial charge in [-0.05, 0) is 25.2 Å². The fourth-order valence-corrected chi connectivity index (χ4v) is 2.20. The van der Waals surface area contributed by atoms with E-state index in [1.54, 1.807) is 0 Å². The molecule has 0 saturated heterocycles. The maximum Gasteiger partial charge on any atom is 0.0665 e. The van der Waals surface area contributed by atoms with Crippen molar-refractivity contribution in [2.24, 2.45) is 5.92 Å². The van der Waals surface area contributed by atoms with E-state index in [9.17, 15) is 5.11 Å². The van der Waals surface area contributed by atoms with Gasteiger partial charge in [0, 0.05) is 4.83 Å². The van der Waals surface area contributed by atoms with E-state index >= 15 is 0 Å². The molecule has 0 aromatic heterocycles. The van der Waals surface area contributed by atoms with E-state index in [4.69, 9.17) is 0 Å². The minimum atomic E-state index is -0.0961. The Morgan fingerprint density at radius 2 is 2.11 bits per heavy atom. The normalized spacial score (nSPS) is 45.0. The fourth-order valence-electron chi connectivity index (χ4n) is 1.30. The highest BCUT2D eigenvalue weighted by Gasteiger charge is 2.24. The highest BCUT2D eigenvalue weighted by molar-refractivity contribution is 9.09. The molecule has 9 heavy (non-hydrogen) atoms. The highest BCUT2D eigenvalue weighted by Crippen LogP contribution is 2.28. The molecule has 3 atom stereocenters. The van der Waals surface area contributed by atoms with E-state index in [2.05, 4.69) is 22.9 Å². The van der Waals surface area contributed by atoms with Crippen LogP contribution in [-0.2, 0) is 0 Å². The predicted octanol–water partition coefficient (Wildman–Crippen LogP) is 1.93. The molecular formula is C7H13BrO. The quantitative estimate of drug-likeness (QED) is 0.583. The number of hydrogen-bond acceptors (Lipinski definition) is 1. The third kappa shape index (κ3) is 1.94. The molecule has 0 aromatic rings. The minimum absolute atomic E-state index is 0.0961. The van der Waals surface area contributed by atoms with Crippen LogP contribution in [0.25, 0.3) is 0 Å². The first-order valence-corrected chi connectivity index (χ1v) is 4.44. The fraction of sp³-hybridized carbons (Fsp3) is 1.00. The minimum Gasteiger partial charge on any atom is -0.392 e. The Morgan fingerprint density at radius 1 is 1.44 bits per heavy atom. The van der Waals surface area contributed by atoms with Crippen LogP contribution in [0.15, 0.2) is 0 Å². The SMILES string of the molecule is CC1CCC(O)C(Br)C1. The molecule has 0 aliphatic heterocycles. The monoisotopic (exact) mass is 192 g/mol. The summed E-state index contributed by atoms with van der Waals surface area (Å²) in [5.41, 5.74) is 0. The van der Waals surface area contributed by atoms with Gasteiger partial charge in [-0.2, -0.15) is 0 Å². The summed E-state index contributed by atoms with van der Waals surface area (Å²) in [6, 6.07) is 0. The second-order valence-corrected chi connectivity index (χ2v) is 4.18. The maximum atomic E-state index is 9.25. The van der Waals surface area contributed by atoms with Gasteiger partial charge >= 0.3 is 0 Å². The Morgan fingerprint density at radius 3 is 2.56 bits per heavy atom. The van der Waals surface area contributed by atoms with Gasteiger partial charge in [0.1, 0.15) is 0 Å². The van der Waals surface area contributed by atoms with Gasteiger partial charge in [-0.1, -0.05) is 22.9 Å². The predicted molar refractivity (Wildman–Crippen MR) is 41.7 cm³/mol. The van der Waals surface area contributed by atoms with Crippen molar-refractivity contribution in [3.63, 3.8) is 0 Å². The Balaban J connectivity index is 2.35. The van der Waals surface area contributed by atoms with Crippen LogP contribution < -0.4 is 0 Å². The molecule has 2 heteroatoms. The van der Waals surface area contributed by atoms with Crippen LogP contribution in [0, 0.1) is 5.92 Å². The molecule has 0 heterocycles. The molecule has 0 aromatic carbocycles. The smallest absolute Gasteiger partial charge is 0.0665 e. The summed E-state index contributed by atoms with van der Waals surface area (Å²) in [5, 5.41) is 9.25. The van der Waals surface area contributed by atoms with Gasteiger partial charge in [0.05, 0.1) is 6.10 Å². The van der Waals surface area contributed by atoms with E-state index in [0.29, 0.717) is 4.83 Å². The molecule has 0 bridgehead atoms. The highest BCUT2D eigenvalue weighted by atomic mass is 79.9. The summed E-state index contributed by atoms with van der Waals surface area (Å²) >= 11 is 3.44. The van der Waals surface area contributed by atoms with Crippen LogP contribution in [0.1, 0.15) is 26.2 Å². The Kier molecular flexibility index (Phi) is 2.53. The third-order valence-electron chi connectivity index (χ3n) is 2.00. The molecule has 1 aliphatic rings. The lowest BCUT2D eigenvalue weighted by Crippen LogP contribution is -2.27. The molecule has 1 nitrogen and oxygen atoms in total. The number of alkyl halides is 1. The van der Waals surface area contributed by atoms with Gasteiger partial charge in [0.2, 0.25) is 0 Å². The molecule has 3 unspecified atom stereocenters. The lowest BCUT2D eigenvalue weighted by Gasteiger charge is -2.27. The van der Waals surface area contributed by atoms with Crippen molar-refractivity contribution in [3.05, 3.63) is 0 Å². The molecule has 1 N–H and O–H groups in total. The van der Waals surface area contributed by atoms with Crippen molar-refractivity contribution >= 4 is 15.9 Å².